The molecule has 2 nitrogen and oxygen atoms in total. The molecule has 15 heavy (non-hydrogen) atoms. The molecule has 3 heteroatoms. The summed E-state index contributed by atoms with van der Waals surface area (Å²) in [5.41, 5.74) is 2.32. The highest BCUT2D eigenvalue weighted by Crippen LogP contribution is 2.27. The number of carbonyl (C=O) groups excluding carboxylic acids is 1. The van der Waals surface area contributed by atoms with E-state index < -0.39 is 0 Å². The number of H-pyrrole nitrogens is 1. The molecule has 0 aliphatic carbocycles. The average Bonchev–Trinajstić information content (AvgIpc) is 2.60. The van der Waals surface area contributed by atoms with Gasteiger partial charge in [0.05, 0.1) is 0 Å². The predicted molar refractivity (Wildman–Crippen MR) is 65.1 cm³/mol. The van der Waals surface area contributed by atoms with Gasteiger partial charge in [0, 0.05) is 28.0 Å². The molecule has 0 saturated heterocycles. The lowest BCUT2D eigenvalue weighted by Gasteiger charge is -2.07. The summed E-state index contributed by atoms with van der Waals surface area (Å²) in [6.45, 7) is 2.07. The summed E-state index contributed by atoms with van der Waals surface area (Å²) in [6.07, 6.45) is 3.48. The van der Waals surface area contributed by atoms with E-state index in [-0.39, 0.29) is 5.92 Å². The van der Waals surface area contributed by atoms with Crippen LogP contribution in [0.5, 0.6) is 0 Å². The largest absolute Gasteiger partial charge is 0.360 e. The fraction of sp³-hybridized carbons (Fsp3) is 0.250. The number of aromatic nitrogens is 1. The molecule has 0 amide bonds. The van der Waals surface area contributed by atoms with Crippen LogP contribution in [-0.4, -0.2) is 11.3 Å². The Balaban J connectivity index is 2.45. The third kappa shape index (κ3) is 1.97. The molecular weight excluding hydrogens is 254 g/mol. The average molecular weight is 266 g/mol. The van der Waals surface area contributed by atoms with Gasteiger partial charge >= 0.3 is 0 Å². The predicted octanol–water partition coefficient (Wildman–Crippen LogP) is 3.62. The van der Waals surface area contributed by atoms with Gasteiger partial charge in [-0.2, -0.15) is 0 Å². The molecule has 1 aromatic heterocycles. The lowest BCUT2D eigenvalue weighted by molar-refractivity contribution is -0.108. The third-order valence-electron chi connectivity index (χ3n) is 2.67. The summed E-state index contributed by atoms with van der Waals surface area (Å²) in [4.78, 5) is 13.6. The Morgan fingerprint density at radius 1 is 1.53 bits per heavy atom. The summed E-state index contributed by atoms with van der Waals surface area (Å²) in [5, 5.41) is 1.17. The first-order valence-electron chi connectivity index (χ1n) is 4.92. The number of hydrogen-bond donors (Lipinski definition) is 1. The summed E-state index contributed by atoms with van der Waals surface area (Å²) in [5.74, 6) is 0.286. The fourth-order valence-electron chi connectivity index (χ4n) is 1.69. The molecule has 0 radical (unpaired) electrons. The maximum atomic E-state index is 10.5. The number of aromatic amines is 1. The molecule has 1 aromatic carbocycles. The van der Waals surface area contributed by atoms with E-state index >= 15 is 0 Å². The molecule has 0 spiro atoms. The second kappa shape index (κ2) is 4.19. The van der Waals surface area contributed by atoms with E-state index in [1.165, 1.54) is 10.9 Å². The monoisotopic (exact) mass is 265 g/mol. The molecule has 1 unspecified atom stereocenters. The number of fused-ring (bicyclic) bond motifs is 1. The molecule has 2 aromatic rings. The Morgan fingerprint density at radius 3 is 3.07 bits per heavy atom. The molecule has 0 aliphatic heterocycles. The standard InChI is InChI=1S/C12H12BrNO/c1-8(4-5-15)9-2-3-12-10(6-9)11(13)7-14-12/h2-3,5-8,14H,4H2,1H3. The van der Waals surface area contributed by atoms with Gasteiger partial charge in [0.1, 0.15) is 6.29 Å². The van der Waals surface area contributed by atoms with Crippen molar-refractivity contribution in [2.24, 2.45) is 0 Å². The van der Waals surface area contributed by atoms with Crippen LogP contribution in [-0.2, 0) is 4.79 Å². The van der Waals surface area contributed by atoms with Crippen LogP contribution < -0.4 is 0 Å². The molecule has 1 N–H and O–H groups in total. The first kappa shape index (κ1) is 10.4. The van der Waals surface area contributed by atoms with Gasteiger partial charge in [0.25, 0.3) is 0 Å². The van der Waals surface area contributed by atoms with Crippen molar-refractivity contribution in [1.29, 1.82) is 0 Å². The number of rotatable bonds is 3. The van der Waals surface area contributed by atoms with Gasteiger partial charge in [-0.05, 0) is 39.5 Å². The van der Waals surface area contributed by atoms with Crippen molar-refractivity contribution in [2.75, 3.05) is 0 Å². The van der Waals surface area contributed by atoms with Crippen molar-refractivity contribution in [3.8, 4) is 0 Å². The number of carbonyl (C=O) groups is 1. The minimum Gasteiger partial charge on any atom is -0.360 e. The van der Waals surface area contributed by atoms with E-state index in [4.69, 9.17) is 0 Å². The number of halogens is 1. The minimum absolute atomic E-state index is 0.286. The topological polar surface area (TPSA) is 32.9 Å². The van der Waals surface area contributed by atoms with E-state index in [0.717, 1.165) is 16.3 Å². The fourth-order valence-corrected chi connectivity index (χ4v) is 2.13. The Bertz CT molecular complexity index is 489. The zero-order chi connectivity index (χ0) is 10.8. The smallest absolute Gasteiger partial charge is 0.120 e. The lowest BCUT2D eigenvalue weighted by Crippen LogP contribution is -1.93. The summed E-state index contributed by atoms with van der Waals surface area (Å²) in [6, 6.07) is 6.25. The maximum absolute atomic E-state index is 10.5. The highest BCUT2D eigenvalue weighted by atomic mass is 79.9. The molecule has 78 valence electrons. The second-order valence-corrected chi connectivity index (χ2v) is 4.60. The molecule has 0 aliphatic rings. The number of aldehydes is 1. The summed E-state index contributed by atoms with van der Waals surface area (Å²) >= 11 is 3.49. The molecular formula is C12H12BrNO. The van der Waals surface area contributed by atoms with Crippen molar-refractivity contribution in [2.45, 2.75) is 19.3 Å². The molecule has 0 fully saturated rings. The summed E-state index contributed by atoms with van der Waals surface area (Å²) in [7, 11) is 0. The van der Waals surface area contributed by atoms with Crippen molar-refractivity contribution in [3.63, 3.8) is 0 Å². The minimum atomic E-state index is 0.286. The molecule has 2 rings (SSSR count). The highest BCUT2D eigenvalue weighted by Gasteiger charge is 2.07. The van der Waals surface area contributed by atoms with Gasteiger partial charge in [0.2, 0.25) is 0 Å². The van der Waals surface area contributed by atoms with Crippen molar-refractivity contribution in [3.05, 3.63) is 34.4 Å². The maximum Gasteiger partial charge on any atom is 0.120 e. The number of benzene rings is 1. The zero-order valence-electron chi connectivity index (χ0n) is 8.46. The van der Waals surface area contributed by atoms with Gasteiger partial charge < -0.3 is 9.78 Å². The van der Waals surface area contributed by atoms with Gasteiger partial charge in [-0.25, -0.2) is 0 Å². The molecule has 1 atom stereocenters. The van der Waals surface area contributed by atoms with Gasteiger partial charge in [-0.3, -0.25) is 0 Å². The number of nitrogens with one attached hydrogen (secondary N) is 1. The van der Waals surface area contributed by atoms with Crippen LogP contribution in [0.15, 0.2) is 28.9 Å². The normalized spacial score (nSPS) is 12.9. The Labute approximate surface area is 96.8 Å². The van der Waals surface area contributed by atoms with Crippen LogP contribution in [0, 0.1) is 0 Å². The Kier molecular flexibility index (Phi) is 2.91. The third-order valence-corrected chi connectivity index (χ3v) is 3.33. The van der Waals surface area contributed by atoms with E-state index in [1.54, 1.807) is 0 Å². The van der Waals surface area contributed by atoms with Crippen LogP contribution in [0.4, 0.5) is 0 Å². The lowest BCUT2D eigenvalue weighted by atomic mass is 9.97. The SMILES string of the molecule is CC(CC=O)c1ccc2[nH]cc(Br)c2c1. The van der Waals surface area contributed by atoms with Crippen LogP contribution >= 0.6 is 15.9 Å². The van der Waals surface area contributed by atoms with E-state index in [9.17, 15) is 4.79 Å². The second-order valence-electron chi connectivity index (χ2n) is 3.75. The molecule has 0 saturated carbocycles. The van der Waals surface area contributed by atoms with Crippen molar-refractivity contribution < 1.29 is 4.79 Å². The zero-order valence-corrected chi connectivity index (χ0v) is 10.0. The van der Waals surface area contributed by atoms with Crippen molar-refractivity contribution in [1.82, 2.24) is 4.98 Å². The highest BCUT2D eigenvalue weighted by molar-refractivity contribution is 9.10. The van der Waals surface area contributed by atoms with Crippen molar-refractivity contribution >= 4 is 33.1 Å². The molecule has 1 heterocycles. The van der Waals surface area contributed by atoms with E-state index in [1.807, 2.05) is 6.20 Å². The first-order valence-corrected chi connectivity index (χ1v) is 5.72. The van der Waals surface area contributed by atoms with Crippen LogP contribution in [0.3, 0.4) is 0 Å². The Hall–Kier alpha value is -1.09. The van der Waals surface area contributed by atoms with E-state index in [2.05, 4.69) is 46.0 Å². The number of hydrogen-bond acceptors (Lipinski definition) is 1. The molecule has 0 bridgehead atoms. The summed E-state index contributed by atoms with van der Waals surface area (Å²) < 4.78 is 1.07. The first-order chi connectivity index (χ1) is 7.22. The van der Waals surface area contributed by atoms with Gasteiger partial charge in [-0.1, -0.05) is 13.0 Å². The van der Waals surface area contributed by atoms with Crippen LogP contribution in [0.2, 0.25) is 0 Å². The van der Waals surface area contributed by atoms with E-state index in [0.29, 0.717) is 6.42 Å². The Morgan fingerprint density at radius 2 is 2.33 bits per heavy atom. The van der Waals surface area contributed by atoms with Crippen LogP contribution in [0.1, 0.15) is 24.8 Å². The van der Waals surface area contributed by atoms with Gasteiger partial charge in [0.15, 0.2) is 0 Å². The van der Waals surface area contributed by atoms with Crippen LogP contribution in [0.25, 0.3) is 10.9 Å². The quantitative estimate of drug-likeness (QED) is 0.845. The van der Waals surface area contributed by atoms with Gasteiger partial charge in [-0.15, -0.1) is 0 Å².